The molecule has 0 aliphatic rings. The van der Waals surface area contributed by atoms with Crippen molar-refractivity contribution in [1.82, 2.24) is 0 Å². The molecule has 0 radical (unpaired) electrons. The SMILES string of the molecule is Nc1ccc(Oc2ccc(Br)cc2O)c(F)c1. The summed E-state index contributed by atoms with van der Waals surface area (Å²) in [6.07, 6.45) is 0. The first-order chi connectivity index (χ1) is 8.06. The maximum Gasteiger partial charge on any atom is 0.169 e. The zero-order valence-corrected chi connectivity index (χ0v) is 10.2. The highest BCUT2D eigenvalue weighted by Gasteiger charge is 2.08. The van der Waals surface area contributed by atoms with Crippen LogP contribution < -0.4 is 10.5 Å². The fourth-order valence-electron chi connectivity index (χ4n) is 1.30. The first-order valence-corrected chi connectivity index (χ1v) is 5.57. The molecular formula is C12H9BrFNO2. The standard InChI is InChI=1S/C12H9BrFNO2/c13-7-1-3-12(10(16)5-7)17-11-4-2-8(15)6-9(11)14/h1-6,16H,15H2. The molecule has 0 fully saturated rings. The van der Waals surface area contributed by atoms with Crippen LogP contribution in [0.1, 0.15) is 0 Å². The Balaban J connectivity index is 2.31. The van der Waals surface area contributed by atoms with Gasteiger partial charge < -0.3 is 15.6 Å². The number of phenols is 1. The van der Waals surface area contributed by atoms with Crippen molar-refractivity contribution in [2.75, 3.05) is 5.73 Å². The van der Waals surface area contributed by atoms with Crippen molar-refractivity contribution in [2.45, 2.75) is 0 Å². The highest BCUT2D eigenvalue weighted by Crippen LogP contribution is 2.34. The Bertz CT molecular complexity index is 511. The van der Waals surface area contributed by atoms with E-state index in [9.17, 15) is 9.50 Å². The molecule has 0 aliphatic heterocycles. The fourth-order valence-corrected chi connectivity index (χ4v) is 1.64. The lowest BCUT2D eigenvalue weighted by Gasteiger charge is -2.08. The molecule has 0 spiro atoms. The van der Waals surface area contributed by atoms with Gasteiger partial charge in [-0.2, -0.15) is 0 Å². The molecule has 88 valence electrons. The van der Waals surface area contributed by atoms with E-state index in [4.69, 9.17) is 10.5 Å². The van der Waals surface area contributed by atoms with E-state index in [1.165, 1.54) is 24.3 Å². The van der Waals surface area contributed by atoms with E-state index in [2.05, 4.69) is 15.9 Å². The molecule has 0 atom stereocenters. The molecule has 2 aromatic rings. The van der Waals surface area contributed by atoms with Gasteiger partial charge in [-0.1, -0.05) is 15.9 Å². The largest absolute Gasteiger partial charge is 0.504 e. The van der Waals surface area contributed by atoms with Crippen LogP contribution in [-0.2, 0) is 0 Å². The van der Waals surface area contributed by atoms with Gasteiger partial charge in [0.15, 0.2) is 23.1 Å². The molecule has 0 aliphatic carbocycles. The molecule has 2 rings (SSSR count). The second-order valence-electron chi connectivity index (χ2n) is 3.40. The summed E-state index contributed by atoms with van der Waals surface area (Å²) in [5.41, 5.74) is 5.73. The monoisotopic (exact) mass is 297 g/mol. The Morgan fingerprint density at radius 3 is 2.47 bits per heavy atom. The lowest BCUT2D eigenvalue weighted by molar-refractivity contribution is 0.396. The summed E-state index contributed by atoms with van der Waals surface area (Å²) in [6, 6.07) is 8.77. The number of hydrogen-bond donors (Lipinski definition) is 2. The Kier molecular flexibility index (Phi) is 3.19. The average Bonchev–Trinajstić information content (AvgIpc) is 2.25. The molecule has 0 aromatic heterocycles. The van der Waals surface area contributed by atoms with Crippen LogP contribution in [0.25, 0.3) is 0 Å². The number of halogens is 2. The van der Waals surface area contributed by atoms with Crippen molar-refractivity contribution in [3.05, 3.63) is 46.7 Å². The molecule has 5 heteroatoms. The molecule has 2 aromatic carbocycles. The molecule has 0 saturated carbocycles. The number of aromatic hydroxyl groups is 1. The minimum atomic E-state index is -0.577. The second-order valence-corrected chi connectivity index (χ2v) is 4.32. The van der Waals surface area contributed by atoms with Crippen LogP contribution in [0.15, 0.2) is 40.9 Å². The molecule has 0 amide bonds. The molecule has 0 saturated heterocycles. The number of hydrogen-bond acceptors (Lipinski definition) is 3. The molecule has 17 heavy (non-hydrogen) atoms. The number of phenolic OH excluding ortho intramolecular Hbond substituents is 1. The van der Waals surface area contributed by atoms with Gasteiger partial charge in [0.25, 0.3) is 0 Å². The summed E-state index contributed by atoms with van der Waals surface area (Å²) in [5.74, 6) is -0.461. The summed E-state index contributed by atoms with van der Waals surface area (Å²) in [5, 5.41) is 9.60. The molecule has 0 unspecified atom stereocenters. The Labute approximate surface area is 106 Å². The minimum Gasteiger partial charge on any atom is -0.504 e. The van der Waals surface area contributed by atoms with Crippen LogP contribution in [0.4, 0.5) is 10.1 Å². The lowest BCUT2D eigenvalue weighted by atomic mass is 10.3. The van der Waals surface area contributed by atoms with Crippen molar-refractivity contribution in [1.29, 1.82) is 0 Å². The number of ether oxygens (including phenoxy) is 1. The topological polar surface area (TPSA) is 55.5 Å². The van der Waals surface area contributed by atoms with Gasteiger partial charge in [-0.3, -0.25) is 0 Å². The van der Waals surface area contributed by atoms with Gasteiger partial charge in [0.2, 0.25) is 0 Å². The Morgan fingerprint density at radius 1 is 1.12 bits per heavy atom. The molecule has 0 bridgehead atoms. The highest BCUT2D eigenvalue weighted by molar-refractivity contribution is 9.10. The number of nitrogens with two attached hydrogens (primary N) is 1. The first-order valence-electron chi connectivity index (χ1n) is 4.77. The normalized spacial score (nSPS) is 10.2. The predicted octanol–water partition coefficient (Wildman–Crippen LogP) is 3.67. The summed E-state index contributed by atoms with van der Waals surface area (Å²) in [4.78, 5) is 0. The van der Waals surface area contributed by atoms with Crippen LogP contribution in [0.2, 0.25) is 0 Å². The quantitative estimate of drug-likeness (QED) is 0.832. The number of benzene rings is 2. The number of anilines is 1. The fraction of sp³-hybridized carbons (Fsp3) is 0. The number of nitrogen functional groups attached to an aromatic ring is 1. The van der Waals surface area contributed by atoms with Crippen molar-refractivity contribution < 1.29 is 14.2 Å². The van der Waals surface area contributed by atoms with Gasteiger partial charge in [0, 0.05) is 16.2 Å². The van der Waals surface area contributed by atoms with Gasteiger partial charge in [-0.15, -0.1) is 0 Å². The third-order valence-corrected chi connectivity index (χ3v) is 2.59. The summed E-state index contributed by atoms with van der Waals surface area (Å²) in [6.45, 7) is 0. The second kappa shape index (κ2) is 4.63. The van der Waals surface area contributed by atoms with Gasteiger partial charge in [-0.05, 0) is 30.3 Å². The predicted molar refractivity (Wildman–Crippen MR) is 66.7 cm³/mol. The van der Waals surface area contributed by atoms with Crippen LogP contribution in [-0.4, -0.2) is 5.11 Å². The lowest BCUT2D eigenvalue weighted by Crippen LogP contribution is -1.91. The van der Waals surface area contributed by atoms with Gasteiger partial charge in [0.05, 0.1) is 0 Å². The summed E-state index contributed by atoms with van der Waals surface area (Å²) < 4.78 is 19.4. The van der Waals surface area contributed by atoms with E-state index < -0.39 is 5.82 Å². The maximum absolute atomic E-state index is 13.5. The van der Waals surface area contributed by atoms with E-state index in [1.54, 1.807) is 6.07 Å². The summed E-state index contributed by atoms with van der Waals surface area (Å²) >= 11 is 3.20. The van der Waals surface area contributed by atoms with Crippen molar-refractivity contribution in [3.63, 3.8) is 0 Å². The summed E-state index contributed by atoms with van der Waals surface area (Å²) in [7, 11) is 0. The van der Waals surface area contributed by atoms with E-state index in [1.807, 2.05) is 0 Å². The molecular weight excluding hydrogens is 289 g/mol. The smallest absolute Gasteiger partial charge is 0.169 e. The Morgan fingerprint density at radius 2 is 1.82 bits per heavy atom. The van der Waals surface area contributed by atoms with Crippen molar-refractivity contribution in [2.24, 2.45) is 0 Å². The van der Waals surface area contributed by atoms with E-state index in [-0.39, 0.29) is 17.2 Å². The van der Waals surface area contributed by atoms with Crippen LogP contribution in [0, 0.1) is 5.82 Å². The van der Waals surface area contributed by atoms with Crippen molar-refractivity contribution >= 4 is 21.6 Å². The van der Waals surface area contributed by atoms with Crippen LogP contribution >= 0.6 is 15.9 Å². The third kappa shape index (κ3) is 2.68. The average molecular weight is 298 g/mol. The zero-order chi connectivity index (χ0) is 12.4. The Hall–Kier alpha value is -1.75. The van der Waals surface area contributed by atoms with E-state index >= 15 is 0 Å². The first kappa shape index (κ1) is 11.7. The molecule has 3 nitrogen and oxygen atoms in total. The highest BCUT2D eigenvalue weighted by atomic mass is 79.9. The van der Waals surface area contributed by atoms with Gasteiger partial charge in [-0.25, -0.2) is 4.39 Å². The zero-order valence-electron chi connectivity index (χ0n) is 8.65. The van der Waals surface area contributed by atoms with Gasteiger partial charge >= 0.3 is 0 Å². The molecule has 3 N–H and O–H groups in total. The van der Waals surface area contributed by atoms with Gasteiger partial charge in [0.1, 0.15) is 0 Å². The van der Waals surface area contributed by atoms with Crippen LogP contribution in [0.5, 0.6) is 17.2 Å². The van der Waals surface area contributed by atoms with E-state index in [0.717, 1.165) is 6.07 Å². The van der Waals surface area contributed by atoms with Crippen molar-refractivity contribution in [3.8, 4) is 17.2 Å². The van der Waals surface area contributed by atoms with Crippen LogP contribution in [0.3, 0.4) is 0 Å². The minimum absolute atomic E-state index is 0.0109. The third-order valence-electron chi connectivity index (χ3n) is 2.10. The number of rotatable bonds is 2. The van der Waals surface area contributed by atoms with E-state index in [0.29, 0.717) is 10.2 Å². The molecule has 0 heterocycles. The maximum atomic E-state index is 13.5.